The fourth-order valence-corrected chi connectivity index (χ4v) is 3.42. The van der Waals surface area contributed by atoms with Crippen LogP contribution in [-0.2, 0) is 0 Å². The van der Waals surface area contributed by atoms with Crippen LogP contribution in [0.2, 0.25) is 0 Å². The largest absolute Gasteiger partial charge is 0.314 e. The van der Waals surface area contributed by atoms with Gasteiger partial charge in [0.15, 0.2) is 0 Å². The highest BCUT2D eigenvalue weighted by Gasteiger charge is 2.21. The molecule has 1 N–H and O–H groups in total. The molecule has 0 spiro atoms. The van der Waals surface area contributed by atoms with Crippen molar-refractivity contribution >= 4 is 0 Å². The molecule has 2 atom stereocenters. The minimum Gasteiger partial charge on any atom is -0.314 e. The van der Waals surface area contributed by atoms with Gasteiger partial charge < -0.3 is 15.1 Å². The summed E-state index contributed by atoms with van der Waals surface area (Å²) < 4.78 is 0. The molecule has 0 bridgehead atoms. The number of nitrogens with zero attached hydrogens (tertiary/aromatic N) is 3. The second kappa shape index (κ2) is 7.58. The van der Waals surface area contributed by atoms with E-state index in [0.717, 1.165) is 25.0 Å². The van der Waals surface area contributed by atoms with Gasteiger partial charge in [-0.3, -0.25) is 4.90 Å². The molecule has 0 amide bonds. The van der Waals surface area contributed by atoms with Gasteiger partial charge in [0.2, 0.25) is 0 Å². The van der Waals surface area contributed by atoms with Gasteiger partial charge in [0.1, 0.15) is 0 Å². The summed E-state index contributed by atoms with van der Waals surface area (Å²) in [5.41, 5.74) is 0. The standard InChI is InChI=1S/C15H32N4/c1-14(19-10-6-16-7-11-19)4-8-17(2)12-15-5-9-18(3)13-15/h14-16H,4-13H2,1-3H3. The van der Waals surface area contributed by atoms with E-state index in [1.807, 2.05) is 0 Å². The summed E-state index contributed by atoms with van der Waals surface area (Å²) in [7, 11) is 4.54. The fourth-order valence-electron chi connectivity index (χ4n) is 3.42. The molecular weight excluding hydrogens is 236 g/mol. The van der Waals surface area contributed by atoms with Crippen molar-refractivity contribution in [3.05, 3.63) is 0 Å². The summed E-state index contributed by atoms with van der Waals surface area (Å²) >= 11 is 0. The van der Waals surface area contributed by atoms with E-state index in [2.05, 4.69) is 41.0 Å². The molecule has 2 heterocycles. The third-order valence-corrected chi connectivity index (χ3v) is 4.76. The van der Waals surface area contributed by atoms with Gasteiger partial charge in [0.25, 0.3) is 0 Å². The van der Waals surface area contributed by atoms with Gasteiger partial charge in [0, 0.05) is 45.3 Å². The predicted molar refractivity (Wildman–Crippen MR) is 81.6 cm³/mol. The summed E-state index contributed by atoms with van der Waals surface area (Å²) in [6, 6.07) is 0.732. The number of piperazine rings is 1. The van der Waals surface area contributed by atoms with E-state index in [1.54, 1.807) is 0 Å². The summed E-state index contributed by atoms with van der Waals surface area (Å²) in [6.45, 7) is 12.2. The second-order valence-electron chi connectivity index (χ2n) is 6.60. The Morgan fingerprint density at radius 3 is 2.63 bits per heavy atom. The lowest BCUT2D eigenvalue weighted by molar-refractivity contribution is 0.159. The lowest BCUT2D eigenvalue weighted by atomic mass is 10.1. The Hall–Kier alpha value is -0.160. The van der Waals surface area contributed by atoms with Crippen LogP contribution in [0.4, 0.5) is 0 Å². The summed E-state index contributed by atoms with van der Waals surface area (Å²) in [5, 5.41) is 3.43. The van der Waals surface area contributed by atoms with E-state index in [0.29, 0.717) is 0 Å². The molecule has 0 saturated carbocycles. The van der Waals surface area contributed by atoms with Crippen molar-refractivity contribution < 1.29 is 0 Å². The van der Waals surface area contributed by atoms with Crippen LogP contribution in [0.25, 0.3) is 0 Å². The Kier molecular flexibility index (Phi) is 6.07. The number of likely N-dealkylation sites (tertiary alicyclic amines) is 1. The van der Waals surface area contributed by atoms with Gasteiger partial charge in [-0.25, -0.2) is 0 Å². The molecule has 0 aliphatic carbocycles. The third kappa shape index (κ3) is 5.03. The molecule has 0 aromatic rings. The molecule has 0 aromatic carbocycles. The van der Waals surface area contributed by atoms with E-state index in [1.165, 1.54) is 52.1 Å². The van der Waals surface area contributed by atoms with Crippen LogP contribution in [0.3, 0.4) is 0 Å². The molecule has 19 heavy (non-hydrogen) atoms. The molecular formula is C15H32N4. The first kappa shape index (κ1) is 15.2. The van der Waals surface area contributed by atoms with Crippen LogP contribution in [0.5, 0.6) is 0 Å². The van der Waals surface area contributed by atoms with Crippen LogP contribution in [0.1, 0.15) is 19.8 Å². The lowest BCUT2D eigenvalue weighted by Crippen LogP contribution is -2.48. The first-order valence-electron chi connectivity index (χ1n) is 7.97. The van der Waals surface area contributed by atoms with Gasteiger partial charge in [0.05, 0.1) is 0 Å². The quantitative estimate of drug-likeness (QED) is 0.759. The zero-order valence-electron chi connectivity index (χ0n) is 13.1. The highest BCUT2D eigenvalue weighted by atomic mass is 15.2. The molecule has 2 aliphatic heterocycles. The molecule has 2 fully saturated rings. The second-order valence-corrected chi connectivity index (χ2v) is 6.60. The van der Waals surface area contributed by atoms with E-state index < -0.39 is 0 Å². The van der Waals surface area contributed by atoms with Crippen molar-refractivity contribution in [2.24, 2.45) is 5.92 Å². The number of nitrogens with one attached hydrogen (secondary N) is 1. The summed E-state index contributed by atoms with van der Waals surface area (Å²) in [6.07, 6.45) is 2.69. The highest BCUT2D eigenvalue weighted by Crippen LogP contribution is 2.15. The Labute approximate surface area is 119 Å². The molecule has 2 rings (SSSR count). The van der Waals surface area contributed by atoms with Crippen LogP contribution in [0, 0.1) is 5.92 Å². The minimum atomic E-state index is 0.732. The molecule has 4 heteroatoms. The highest BCUT2D eigenvalue weighted by molar-refractivity contribution is 4.77. The van der Waals surface area contributed by atoms with Crippen molar-refractivity contribution in [2.45, 2.75) is 25.8 Å². The molecule has 112 valence electrons. The van der Waals surface area contributed by atoms with Gasteiger partial charge in [-0.1, -0.05) is 0 Å². The maximum Gasteiger partial charge on any atom is 0.0110 e. The number of hydrogen-bond acceptors (Lipinski definition) is 4. The Bertz CT molecular complexity index is 253. The van der Waals surface area contributed by atoms with Crippen molar-refractivity contribution in [3.8, 4) is 0 Å². The van der Waals surface area contributed by atoms with Crippen LogP contribution in [0.15, 0.2) is 0 Å². The molecule has 2 aliphatic rings. The Morgan fingerprint density at radius 2 is 2.00 bits per heavy atom. The van der Waals surface area contributed by atoms with Crippen molar-refractivity contribution in [1.82, 2.24) is 20.0 Å². The molecule has 0 radical (unpaired) electrons. The first-order valence-corrected chi connectivity index (χ1v) is 7.97. The fraction of sp³-hybridized carbons (Fsp3) is 1.00. The van der Waals surface area contributed by atoms with Gasteiger partial charge >= 0.3 is 0 Å². The van der Waals surface area contributed by atoms with Crippen molar-refractivity contribution in [3.63, 3.8) is 0 Å². The van der Waals surface area contributed by atoms with Gasteiger partial charge in [-0.05, 0) is 52.9 Å². The minimum absolute atomic E-state index is 0.732. The normalized spacial score (nSPS) is 28.1. The predicted octanol–water partition coefficient (Wildman–Crippen LogP) is 0.554. The molecule has 0 aromatic heterocycles. The van der Waals surface area contributed by atoms with E-state index in [9.17, 15) is 0 Å². The lowest BCUT2D eigenvalue weighted by Gasteiger charge is -2.33. The zero-order valence-corrected chi connectivity index (χ0v) is 13.1. The van der Waals surface area contributed by atoms with Gasteiger partial charge in [-0.15, -0.1) is 0 Å². The SMILES string of the molecule is CC(CCN(C)CC1CCN(C)C1)N1CCNCC1. The van der Waals surface area contributed by atoms with Crippen LogP contribution >= 0.6 is 0 Å². The average Bonchev–Trinajstić information content (AvgIpc) is 2.82. The monoisotopic (exact) mass is 268 g/mol. The smallest absolute Gasteiger partial charge is 0.0110 e. The number of hydrogen-bond donors (Lipinski definition) is 1. The van der Waals surface area contributed by atoms with E-state index >= 15 is 0 Å². The average molecular weight is 268 g/mol. The zero-order chi connectivity index (χ0) is 13.7. The third-order valence-electron chi connectivity index (χ3n) is 4.76. The van der Waals surface area contributed by atoms with Gasteiger partial charge in [-0.2, -0.15) is 0 Å². The van der Waals surface area contributed by atoms with Crippen molar-refractivity contribution in [1.29, 1.82) is 0 Å². The molecule has 2 saturated heterocycles. The number of rotatable bonds is 6. The van der Waals surface area contributed by atoms with Crippen molar-refractivity contribution in [2.75, 3.05) is 66.5 Å². The van der Waals surface area contributed by atoms with Crippen LogP contribution < -0.4 is 5.32 Å². The van der Waals surface area contributed by atoms with Crippen LogP contribution in [-0.4, -0.2) is 87.2 Å². The maximum absolute atomic E-state index is 3.43. The summed E-state index contributed by atoms with van der Waals surface area (Å²) in [5.74, 6) is 0.893. The van der Waals surface area contributed by atoms with E-state index in [-0.39, 0.29) is 0 Å². The first-order chi connectivity index (χ1) is 9.15. The topological polar surface area (TPSA) is 21.8 Å². The Balaban J connectivity index is 1.61. The van der Waals surface area contributed by atoms with E-state index in [4.69, 9.17) is 0 Å². The Morgan fingerprint density at radius 1 is 1.26 bits per heavy atom. The summed E-state index contributed by atoms with van der Waals surface area (Å²) in [4.78, 5) is 7.64. The maximum atomic E-state index is 3.43. The molecule has 4 nitrogen and oxygen atoms in total. The molecule has 2 unspecified atom stereocenters.